The maximum absolute atomic E-state index is 13.5. The second-order valence-corrected chi connectivity index (χ2v) is 6.16. The van der Waals surface area contributed by atoms with Crippen LogP contribution >= 0.6 is 15.9 Å². The molecule has 0 aromatic heterocycles. The molecule has 0 spiro atoms. The largest absolute Gasteiger partial charge is 0.481 e. The third kappa shape index (κ3) is 3.93. The fourth-order valence-corrected chi connectivity index (χ4v) is 2.39. The van der Waals surface area contributed by atoms with Gasteiger partial charge in [0.15, 0.2) is 18.2 Å². The third-order valence-corrected chi connectivity index (χ3v) is 3.93. The highest BCUT2D eigenvalue weighted by Gasteiger charge is 2.29. The first-order valence-electron chi connectivity index (χ1n) is 6.45. The van der Waals surface area contributed by atoms with Crippen molar-refractivity contribution in [1.29, 1.82) is 0 Å². The van der Waals surface area contributed by atoms with Gasteiger partial charge in [-0.15, -0.1) is 0 Å². The molecule has 1 aromatic carbocycles. The van der Waals surface area contributed by atoms with Crippen LogP contribution in [0.1, 0.15) is 19.8 Å². The van der Waals surface area contributed by atoms with E-state index >= 15 is 0 Å². The van der Waals surface area contributed by atoms with Crippen LogP contribution in [0.3, 0.4) is 0 Å². The Balaban J connectivity index is 1.86. The number of hydrogen-bond acceptors (Lipinski definition) is 3. The number of carbonyl (C=O) groups is 1. The first kappa shape index (κ1) is 15.3. The Morgan fingerprint density at radius 3 is 2.75 bits per heavy atom. The molecule has 20 heavy (non-hydrogen) atoms. The number of likely N-dealkylation sites (tertiary alicyclic amines) is 1. The lowest BCUT2D eigenvalue weighted by atomic mass is 9.94. The Hall–Kier alpha value is -1.14. The van der Waals surface area contributed by atoms with Gasteiger partial charge in [0, 0.05) is 17.6 Å². The Morgan fingerprint density at radius 1 is 1.50 bits per heavy atom. The van der Waals surface area contributed by atoms with Gasteiger partial charge in [-0.3, -0.25) is 4.79 Å². The van der Waals surface area contributed by atoms with Crippen molar-refractivity contribution in [3.63, 3.8) is 0 Å². The molecule has 110 valence electrons. The minimum atomic E-state index is -0.699. The van der Waals surface area contributed by atoms with Crippen molar-refractivity contribution in [1.82, 2.24) is 4.90 Å². The highest BCUT2D eigenvalue weighted by atomic mass is 79.9. The van der Waals surface area contributed by atoms with Crippen LogP contribution in [-0.4, -0.2) is 41.2 Å². The van der Waals surface area contributed by atoms with Gasteiger partial charge in [0.25, 0.3) is 5.91 Å². The number of aliphatic hydroxyl groups is 1. The number of halogens is 2. The van der Waals surface area contributed by atoms with Crippen LogP contribution in [-0.2, 0) is 4.79 Å². The zero-order chi connectivity index (χ0) is 14.8. The lowest BCUT2D eigenvalue weighted by molar-refractivity contribution is -0.137. The van der Waals surface area contributed by atoms with E-state index in [2.05, 4.69) is 15.9 Å². The minimum Gasteiger partial charge on any atom is -0.481 e. The second kappa shape index (κ2) is 6.10. The average Bonchev–Trinajstić information content (AvgIpc) is 2.37. The molecule has 1 heterocycles. The summed E-state index contributed by atoms with van der Waals surface area (Å²) in [4.78, 5) is 13.6. The van der Waals surface area contributed by atoms with Gasteiger partial charge in [0.05, 0.1) is 5.60 Å². The summed E-state index contributed by atoms with van der Waals surface area (Å²) in [6.45, 7) is 2.57. The Bertz CT molecular complexity index is 497. The van der Waals surface area contributed by atoms with E-state index < -0.39 is 11.4 Å². The summed E-state index contributed by atoms with van der Waals surface area (Å²) in [6.07, 6.45) is 1.09. The van der Waals surface area contributed by atoms with E-state index in [1.54, 1.807) is 17.9 Å². The SMILES string of the molecule is CC1(O)CCN(C(=O)COc2ccc(Br)cc2F)CC1. The molecule has 1 aromatic rings. The average molecular weight is 346 g/mol. The lowest BCUT2D eigenvalue weighted by Gasteiger charge is -2.35. The standard InChI is InChI=1S/C14H17BrFNO3/c1-14(19)4-6-17(7-5-14)13(18)9-20-12-3-2-10(15)8-11(12)16/h2-3,8,19H,4-7,9H2,1H3. The summed E-state index contributed by atoms with van der Waals surface area (Å²) in [5.74, 6) is -0.637. The molecule has 1 amide bonds. The van der Waals surface area contributed by atoms with Crippen molar-refractivity contribution in [2.75, 3.05) is 19.7 Å². The number of rotatable bonds is 3. The number of hydrogen-bond donors (Lipinski definition) is 1. The van der Waals surface area contributed by atoms with Gasteiger partial charge in [0.2, 0.25) is 0 Å². The minimum absolute atomic E-state index is 0.0607. The number of ether oxygens (including phenoxy) is 1. The zero-order valence-electron chi connectivity index (χ0n) is 11.2. The van der Waals surface area contributed by atoms with Crippen molar-refractivity contribution in [3.8, 4) is 5.75 Å². The molecular formula is C14H17BrFNO3. The maximum Gasteiger partial charge on any atom is 0.260 e. The van der Waals surface area contributed by atoms with Gasteiger partial charge in [-0.2, -0.15) is 0 Å². The van der Waals surface area contributed by atoms with E-state index in [0.29, 0.717) is 30.4 Å². The van der Waals surface area contributed by atoms with Crippen molar-refractivity contribution >= 4 is 21.8 Å². The monoisotopic (exact) mass is 345 g/mol. The van der Waals surface area contributed by atoms with Crippen LogP contribution in [0.25, 0.3) is 0 Å². The van der Waals surface area contributed by atoms with Gasteiger partial charge in [-0.25, -0.2) is 4.39 Å². The molecule has 2 rings (SSSR count). The van der Waals surface area contributed by atoms with E-state index in [1.165, 1.54) is 12.1 Å². The second-order valence-electron chi connectivity index (χ2n) is 5.24. The highest BCUT2D eigenvalue weighted by Crippen LogP contribution is 2.23. The quantitative estimate of drug-likeness (QED) is 0.914. The van der Waals surface area contributed by atoms with Crippen LogP contribution < -0.4 is 4.74 Å². The highest BCUT2D eigenvalue weighted by molar-refractivity contribution is 9.10. The molecule has 1 fully saturated rings. The molecule has 0 atom stereocenters. The predicted octanol–water partition coefficient (Wildman–Crippen LogP) is 2.34. The molecule has 4 nitrogen and oxygen atoms in total. The molecule has 0 saturated carbocycles. The van der Waals surface area contributed by atoms with Crippen molar-refractivity contribution < 1.29 is 19.0 Å². The van der Waals surface area contributed by atoms with Crippen LogP contribution in [0.2, 0.25) is 0 Å². The van der Waals surface area contributed by atoms with E-state index in [-0.39, 0.29) is 18.3 Å². The summed E-state index contributed by atoms with van der Waals surface area (Å²) in [5.41, 5.74) is -0.699. The van der Waals surface area contributed by atoms with Gasteiger partial charge >= 0.3 is 0 Å². The summed E-state index contributed by atoms with van der Waals surface area (Å²) >= 11 is 3.16. The van der Waals surface area contributed by atoms with Gasteiger partial charge in [0.1, 0.15) is 0 Å². The van der Waals surface area contributed by atoms with E-state index in [4.69, 9.17) is 4.74 Å². The van der Waals surface area contributed by atoms with Crippen molar-refractivity contribution in [2.45, 2.75) is 25.4 Å². The summed E-state index contributed by atoms with van der Waals surface area (Å²) in [5, 5.41) is 9.82. The van der Waals surface area contributed by atoms with Crippen molar-refractivity contribution in [2.24, 2.45) is 0 Å². The van der Waals surface area contributed by atoms with Crippen LogP contribution in [0.5, 0.6) is 5.75 Å². The molecule has 0 aliphatic carbocycles. The summed E-state index contributed by atoms with van der Waals surface area (Å²) in [7, 11) is 0. The number of piperidine rings is 1. The molecule has 0 unspecified atom stereocenters. The third-order valence-electron chi connectivity index (χ3n) is 3.44. The smallest absolute Gasteiger partial charge is 0.260 e. The maximum atomic E-state index is 13.5. The molecule has 1 aliphatic heterocycles. The van der Waals surface area contributed by atoms with Crippen LogP contribution in [0.4, 0.5) is 4.39 Å². The molecule has 0 radical (unpaired) electrons. The number of carbonyl (C=O) groups excluding carboxylic acids is 1. The predicted molar refractivity (Wildman–Crippen MR) is 76.0 cm³/mol. The number of nitrogens with zero attached hydrogens (tertiary/aromatic N) is 1. The topological polar surface area (TPSA) is 49.8 Å². The fourth-order valence-electron chi connectivity index (χ4n) is 2.06. The molecular weight excluding hydrogens is 329 g/mol. The van der Waals surface area contributed by atoms with Crippen molar-refractivity contribution in [3.05, 3.63) is 28.5 Å². The van der Waals surface area contributed by atoms with Crippen LogP contribution in [0, 0.1) is 5.82 Å². The Morgan fingerprint density at radius 2 is 2.15 bits per heavy atom. The molecule has 1 saturated heterocycles. The zero-order valence-corrected chi connectivity index (χ0v) is 12.8. The molecule has 0 bridgehead atoms. The molecule has 1 N–H and O–H groups in total. The Labute approximate surface area is 125 Å². The van der Waals surface area contributed by atoms with E-state index in [0.717, 1.165) is 0 Å². The molecule has 6 heteroatoms. The van der Waals surface area contributed by atoms with E-state index in [1.807, 2.05) is 0 Å². The van der Waals surface area contributed by atoms with Gasteiger partial charge in [-0.1, -0.05) is 15.9 Å². The Kier molecular flexibility index (Phi) is 4.65. The fraction of sp³-hybridized carbons (Fsp3) is 0.500. The first-order chi connectivity index (χ1) is 9.37. The van der Waals surface area contributed by atoms with E-state index in [9.17, 15) is 14.3 Å². The summed E-state index contributed by atoms with van der Waals surface area (Å²) in [6, 6.07) is 4.42. The molecule has 1 aliphatic rings. The first-order valence-corrected chi connectivity index (χ1v) is 7.25. The van der Waals surface area contributed by atoms with Crippen LogP contribution in [0.15, 0.2) is 22.7 Å². The lowest BCUT2D eigenvalue weighted by Crippen LogP contribution is -2.46. The van der Waals surface area contributed by atoms with Gasteiger partial charge in [-0.05, 0) is 38.0 Å². The van der Waals surface area contributed by atoms with Gasteiger partial charge < -0.3 is 14.7 Å². The number of benzene rings is 1. The number of amides is 1. The summed E-state index contributed by atoms with van der Waals surface area (Å²) < 4.78 is 19.4. The normalized spacial score (nSPS) is 17.9.